The quantitative estimate of drug-likeness (QED) is 0.198. The summed E-state index contributed by atoms with van der Waals surface area (Å²) >= 11 is 0. The highest BCUT2D eigenvalue weighted by molar-refractivity contribution is 5.94. The van der Waals surface area contributed by atoms with E-state index in [2.05, 4.69) is 28.6 Å². The Hall–Kier alpha value is -4.06. The molecule has 0 radical (unpaired) electrons. The minimum absolute atomic E-state index is 0.101. The number of allylic oxidation sites excluding steroid dienone is 1. The van der Waals surface area contributed by atoms with Crippen molar-refractivity contribution < 1.29 is 14.3 Å². The van der Waals surface area contributed by atoms with Crippen molar-refractivity contribution in [2.24, 2.45) is 0 Å². The first-order valence-corrected chi connectivity index (χ1v) is 12.4. The summed E-state index contributed by atoms with van der Waals surface area (Å²) in [6, 6.07) is 23.5. The molecule has 0 saturated carbocycles. The van der Waals surface area contributed by atoms with Crippen LogP contribution < -0.4 is 14.8 Å². The second-order valence-corrected chi connectivity index (χ2v) is 8.56. The van der Waals surface area contributed by atoms with Crippen LogP contribution in [-0.4, -0.2) is 35.7 Å². The first-order valence-electron chi connectivity index (χ1n) is 12.4. The minimum atomic E-state index is -0.101. The topological polar surface area (TPSA) is 65.4 Å². The summed E-state index contributed by atoms with van der Waals surface area (Å²) in [7, 11) is 1.59. The summed E-state index contributed by atoms with van der Waals surface area (Å²) in [5.41, 5.74) is 3.86. The molecule has 4 aromatic rings. The Kier molecular flexibility index (Phi) is 8.76. The van der Waals surface area contributed by atoms with Crippen LogP contribution in [0.1, 0.15) is 34.6 Å². The largest absolute Gasteiger partial charge is 0.497 e. The van der Waals surface area contributed by atoms with E-state index in [1.165, 1.54) is 0 Å². The molecule has 0 spiro atoms. The van der Waals surface area contributed by atoms with Crippen molar-refractivity contribution >= 4 is 16.9 Å². The molecule has 0 aliphatic carbocycles. The lowest BCUT2D eigenvalue weighted by Gasteiger charge is -2.12. The Labute approximate surface area is 212 Å². The van der Waals surface area contributed by atoms with E-state index in [9.17, 15) is 4.79 Å². The van der Waals surface area contributed by atoms with Gasteiger partial charge in [0, 0.05) is 25.1 Å². The number of rotatable bonds is 13. The molecule has 3 aromatic carbocycles. The van der Waals surface area contributed by atoms with Gasteiger partial charge in [0.2, 0.25) is 0 Å². The molecule has 186 valence electrons. The Bertz CT molecular complexity index is 1310. The third-order valence-electron chi connectivity index (χ3n) is 6.05. The van der Waals surface area contributed by atoms with E-state index in [4.69, 9.17) is 14.5 Å². The van der Waals surface area contributed by atoms with E-state index in [0.717, 1.165) is 60.4 Å². The maximum Gasteiger partial charge on any atom is 0.251 e. The number of hydrogen-bond acceptors (Lipinski definition) is 4. The van der Waals surface area contributed by atoms with E-state index in [1.807, 2.05) is 54.6 Å². The molecule has 0 aliphatic heterocycles. The van der Waals surface area contributed by atoms with Crippen molar-refractivity contribution in [3.05, 3.63) is 102 Å². The van der Waals surface area contributed by atoms with E-state index in [0.29, 0.717) is 24.5 Å². The maximum absolute atomic E-state index is 12.5. The van der Waals surface area contributed by atoms with Crippen molar-refractivity contribution in [3.63, 3.8) is 0 Å². The number of fused-ring (bicyclic) bond motifs is 1. The van der Waals surface area contributed by atoms with Crippen LogP contribution in [0.4, 0.5) is 0 Å². The van der Waals surface area contributed by atoms with Crippen LogP contribution in [0.2, 0.25) is 0 Å². The molecule has 0 bridgehead atoms. The number of para-hydroxylation sites is 3. The van der Waals surface area contributed by atoms with Gasteiger partial charge in [-0.15, -0.1) is 6.58 Å². The highest BCUT2D eigenvalue weighted by Gasteiger charge is 2.11. The van der Waals surface area contributed by atoms with E-state index >= 15 is 0 Å². The normalized spacial score (nSPS) is 10.8. The molecule has 1 heterocycles. The number of nitrogens with zero attached hydrogens (tertiary/aromatic N) is 2. The number of hydrogen-bond donors (Lipinski definition) is 1. The first kappa shape index (κ1) is 25.0. The number of ether oxygens (including phenoxy) is 2. The Morgan fingerprint density at radius 3 is 2.75 bits per heavy atom. The van der Waals surface area contributed by atoms with Gasteiger partial charge in [-0.05, 0) is 61.2 Å². The van der Waals surface area contributed by atoms with E-state index in [1.54, 1.807) is 19.2 Å². The van der Waals surface area contributed by atoms with Crippen LogP contribution in [0.25, 0.3) is 11.0 Å². The zero-order chi connectivity index (χ0) is 25.2. The molecule has 0 aliphatic rings. The number of aryl methyl sites for hydroxylation is 2. The van der Waals surface area contributed by atoms with Gasteiger partial charge in [-0.25, -0.2) is 4.98 Å². The van der Waals surface area contributed by atoms with Gasteiger partial charge in [0.25, 0.3) is 5.91 Å². The number of aromatic nitrogens is 2. The summed E-state index contributed by atoms with van der Waals surface area (Å²) in [5.74, 6) is 2.51. The lowest BCUT2D eigenvalue weighted by atomic mass is 10.1. The number of nitrogens with one attached hydrogen (secondary N) is 1. The smallest absolute Gasteiger partial charge is 0.251 e. The second kappa shape index (κ2) is 12.6. The second-order valence-electron chi connectivity index (χ2n) is 8.56. The van der Waals surface area contributed by atoms with Crippen LogP contribution in [0.3, 0.4) is 0 Å². The Balaban J connectivity index is 1.33. The number of benzene rings is 3. The molecule has 6 nitrogen and oxygen atoms in total. The number of imidazole rings is 1. The molecule has 1 amide bonds. The third-order valence-corrected chi connectivity index (χ3v) is 6.05. The fourth-order valence-corrected chi connectivity index (χ4v) is 4.25. The van der Waals surface area contributed by atoms with E-state index < -0.39 is 0 Å². The summed E-state index contributed by atoms with van der Waals surface area (Å²) in [4.78, 5) is 17.3. The predicted octanol–water partition coefficient (Wildman–Crippen LogP) is 5.61. The fraction of sp³-hybridized carbons (Fsp3) is 0.267. The summed E-state index contributed by atoms with van der Waals surface area (Å²) < 4.78 is 13.6. The zero-order valence-electron chi connectivity index (χ0n) is 20.8. The average Bonchev–Trinajstić information content (AvgIpc) is 3.27. The minimum Gasteiger partial charge on any atom is -0.497 e. The van der Waals surface area contributed by atoms with Gasteiger partial charge >= 0.3 is 0 Å². The standard InChI is InChI=1S/C30H33N3O3/c1-3-11-23-12-4-7-17-28(23)36-21-10-20-33-27-16-6-5-15-26(27)32-29(33)18-9-19-31-30(34)24-13-8-14-25(22-24)35-2/h3-8,12-17,22H,1,9-11,18-21H2,2H3,(H,31,34). The van der Waals surface area contributed by atoms with Gasteiger partial charge in [0.1, 0.15) is 17.3 Å². The van der Waals surface area contributed by atoms with Crippen LogP contribution in [0.5, 0.6) is 11.5 Å². The van der Waals surface area contributed by atoms with Crippen molar-refractivity contribution in [1.29, 1.82) is 0 Å². The molecule has 1 N–H and O–H groups in total. The van der Waals surface area contributed by atoms with Gasteiger partial charge in [0.05, 0.1) is 24.8 Å². The number of methoxy groups -OCH3 is 1. The Morgan fingerprint density at radius 2 is 1.89 bits per heavy atom. The molecule has 1 aromatic heterocycles. The number of carbonyl (C=O) groups excluding carboxylic acids is 1. The molecule has 36 heavy (non-hydrogen) atoms. The number of amides is 1. The fourth-order valence-electron chi connectivity index (χ4n) is 4.25. The zero-order valence-corrected chi connectivity index (χ0v) is 20.8. The maximum atomic E-state index is 12.5. The molecular formula is C30H33N3O3. The first-order chi connectivity index (χ1) is 17.7. The van der Waals surface area contributed by atoms with Gasteiger partial charge in [0.15, 0.2) is 0 Å². The van der Waals surface area contributed by atoms with Crippen LogP contribution in [0, 0.1) is 0 Å². The predicted molar refractivity (Wildman–Crippen MR) is 144 cm³/mol. The number of carbonyl (C=O) groups is 1. The highest BCUT2D eigenvalue weighted by atomic mass is 16.5. The van der Waals surface area contributed by atoms with Crippen molar-refractivity contribution in [2.45, 2.75) is 32.2 Å². The monoisotopic (exact) mass is 483 g/mol. The third kappa shape index (κ3) is 6.33. The molecule has 0 atom stereocenters. The Morgan fingerprint density at radius 1 is 1.06 bits per heavy atom. The molecule has 4 rings (SSSR count). The summed E-state index contributed by atoms with van der Waals surface area (Å²) in [6.45, 7) is 5.84. The SMILES string of the molecule is C=CCc1ccccc1OCCCn1c(CCCNC(=O)c2cccc(OC)c2)nc2ccccc21. The molecule has 0 fully saturated rings. The van der Waals surface area contributed by atoms with Crippen LogP contribution in [0.15, 0.2) is 85.5 Å². The van der Waals surface area contributed by atoms with Crippen LogP contribution in [-0.2, 0) is 19.4 Å². The van der Waals surface area contributed by atoms with Crippen LogP contribution >= 0.6 is 0 Å². The van der Waals surface area contributed by atoms with Gasteiger partial charge in [-0.3, -0.25) is 4.79 Å². The molecule has 0 unspecified atom stereocenters. The molecule has 6 heteroatoms. The van der Waals surface area contributed by atoms with Gasteiger partial charge < -0.3 is 19.4 Å². The summed E-state index contributed by atoms with van der Waals surface area (Å²) in [6.07, 6.45) is 5.12. The lowest BCUT2D eigenvalue weighted by Crippen LogP contribution is -2.25. The van der Waals surface area contributed by atoms with Crippen molar-refractivity contribution in [3.8, 4) is 11.5 Å². The van der Waals surface area contributed by atoms with E-state index in [-0.39, 0.29) is 5.91 Å². The average molecular weight is 484 g/mol. The van der Waals surface area contributed by atoms with Crippen molar-refractivity contribution in [2.75, 3.05) is 20.3 Å². The van der Waals surface area contributed by atoms with Gasteiger partial charge in [-0.1, -0.05) is 42.5 Å². The molecule has 0 saturated heterocycles. The summed E-state index contributed by atoms with van der Waals surface area (Å²) in [5, 5.41) is 3.00. The molecular weight excluding hydrogens is 450 g/mol. The highest BCUT2D eigenvalue weighted by Crippen LogP contribution is 2.21. The van der Waals surface area contributed by atoms with Crippen molar-refractivity contribution in [1.82, 2.24) is 14.9 Å². The van der Waals surface area contributed by atoms with Gasteiger partial charge in [-0.2, -0.15) is 0 Å². The lowest BCUT2D eigenvalue weighted by molar-refractivity contribution is 0.0952.